The number of nitrogens with zero attached hydrogens (tertiary/aromatic N) is 1. The van der Waals surface area contributed by atoms with Crippen LogP contribution in [0.15, 0.2) is 89.6 Å². The molecule has 1 aromatic heterocycles. The number of carboxylic acid groups (broad SMARTS) is 1. The van der Waals surface area contributed by atoms with E-state index in [1.807, 2.05) is 73.4 Å². The van der Waals surface area contributed by atoms with Gasteiger partial charge in [-0.3, -0.25) is 14.9 Å². The van der Waals surface area contributed by atoms with E-state index in [9.17, 15) is 14.4 Å². The molecule has 198 valence electrons. The number of H-pyrrole nitrogens is 1. The second-order valence-electron chi connectivity index (χ2n) is 9.15. The summed E-state index contributed by atoms with van der Waals surface area (Å²) in [5.41, 5.74) is 4.85. The number of carbonyl (C=O) groups excluding carboxylic acids is 1. The minimum absolute atomic E-state index is 0. The first-order chi connectivity index (χ1) is 17.8. The molecular weight excluding hydrogens is 504 g/mol. The second-order valence-corrected chi connectivity index (χ2v) is 9.15. The number of aryl methyl sites for hydroxylation is 1. The Bertz CT molecular complexity index is 1410. The second kappa shape index (κ2) is 12.8. The van der Waals surface area contributed by atoms with Crippen molar-refractivity contribution >= 4 is 35.7 Å². The van der Waals surface area contributed by atoms with Gasteiger partial charge >= 0.3 is 12.0 Å². The van der Waals surface area contributed by atoms with E-state index < -0.39 is 5.97 Å². The third kappa shape index (κ3) is 7.14. The van der Waals surface area contributed by atoms with Crippen LogP contribution in [0.1, 0.15) is 41.5 Å². The average molecular weight is 535 g/mol. The Labute approximate surface area is 227 Å². The van der Waals surface area contributed by atoms with E-state index in [0.29, 0.717) is 24.5 Å². The molecule has 8 nitrogen and oxygen atoms in total. The number of benzene rings is 2. The molecule has 0 saturated heterocycles. The molecule has 1 aliphatic rings. The fourth-order valence-corrected chi connectivity index (χ4v) is 4.27. The van der Waals surface area contributed by atoms with Gasteiger partial charge in [0.25, 0.3) is 5.56 Å². The summed E-state index contributed by atoms with van der Waals surface area (Å²) in [5, 5.41) is 14.9. The Morgan fingerprint density at radius 3 is 2.45 bits per heavy atom. The van der Waals surface area contributed by atoms with Crippen molar-refractivity contribution in [2.24, 2.45) is 0 Å². The number of para-hydroxylation sites is 1. The van der Waals surface area contributed by atoms with Crippen molar-refractivity contribution in [2.45, 2.75) is 32.7 Å². The molecule has 0 unspecified atom stereocenters. The summed E-state index contributed by atoms with van der Waals surface area (Å²) in [6, 6.07) is 18.5. The lowest BCUT2D eigenvalue weighted by molar-refractivity contribution is -0.137. The highest BCUT2D eigenvalue weighted by Gasteiger charge is 2.21. The van der Waals surface area contributed by atoms with Crippen molar-refractivity contribution < 1.29 is 14.7 Å². The van der Waals surface area contributed by atoms with Gasteiger partial charge < -0.3 is 20.3 Å². The summed E-state index contributed by atoms with van der Waals surface area (Å²) in [4.78, 5) is 41.0. The summed E-state index contributed by atoms with van der Waals surface area (Å²) in [6.07, 6.45) is 5.31. The fraction of sp³-hybridized carbons (Fsp3) is 0.207. The summed E-state index contributed by atoms with van der Waals surface area (Å²) in [6.45, 7) is 4.71. The Balaban J connectivity index is 0.00000400. The smallest absolute Gasteiger partial charge is 0.324 e. The van der Waals surface area contributed by atoms with Gasteiger partial charge in [-0.1, -0.05) is 55.5 Å². The molecule has 9 heteroatoms. The van der Waals surface area contributed by atoms with Gasteiger partial charge in [-0.2, -0.15) is 0 Å². The molecule has 1 atom stereocenters. The normalized spacial score (nSPS) is 13.5. The van der Waals surface area contributed by atoms with E-state index in [1.165, 1.54) is 0 Å². The van der Waals surface area contributed by atoms with Gasteiger partial charge in [0, 0.05) is 30.5 Å². The quantitative estimate of drug-likeness (QED) is 0.315. The van der Waals surface area contributed by atoms with Crippen LogP contribution in [0, 0.1) is 6.92 Å². The van der Waals surface area contributed by atoms with Crippen molar-refractivity contribution in [1.82, 2.24) is 15.2 Å². The van der Waals surface area contributed by atoms with Gasteiger partial charge in [0.1, 0.15) is 5.82 Å². The number of aromatic nitrogens is 1. The maximum atomic E-state index is 12.8. The maximum Gasteiger partial charge on any atom is 0.324 e. The number of allylic oxidation sites excluding steroid dienone is 2. The molecule has 1 aliphatic heterocycles. The van der Waals surface area contributed by atoms with Crippen LogP contribution in [0.2, 0.25) is 0 Å². The lowest BCUT2D eigenvalue weighted by Crippen LogP contribution is -2.39. The Kier molecular flexibility index (Phi) is 9.51. The van der Waals surface area contributed by atoms with Gasteiger partial charge in [-0.05, 0) is 59.4 Å². The molecule has 0 saturated carbocycles. The number of aliphatic carboxylic acids is 1. The van der Waals surface area contributed by atoms with Crippen LogP contribution in [-0.2, 0) is 11.3 Å². The topological polar surface area (TPSA) is 115 Å². The van der Waals surface area contributed by atoms with Gasteiger partial charge in [-0.25, -0.2) is 4.79 Å². The zero-order valence-electron chi connectivity index (χ0n) is 21.2. The third-order valence-electron chi connectivity index (χ3n) is 6.35. The highest BCUT2D eigenvalue weighted by Crippen LogP contribution is 2.24. The van der Waals surface area contributed by atoms with E-state index in [-0.39, 0.29) is 36.3 Å². The minimum Gasteiger partial charge on any atom is -0.481 e. The van der Waals surface area contributed by atoms with E-state index >= 15 is 0 Å². The number of amides is 2. The van der Waals surface area contributed by atoms with Crippen LogP contribution in [0.3, 0.4) is 0 Å². The molecule has 4 N–H and O–H groups in total. The van der Waals surface area contributed by atoms with Crippen LogP contribution >= 0.6 is 12.4 Å². The van der Waals surface area contributed by atoms with Gasteiger partial charge in [0.2, 0.25) is 0 Å². The summed E-state index contributed by atoms with van der Waals surface area (Å²) in [7, 11) is 0. The number of nitrogens with one attached hydrogen (secondary N) is 3. The van der Waals surface area contributed by atoms with Crippen molar-refractivity contribution in [3.63, 3.8) is 0 Å². The minimum atomic E-state index is -0.829. The first-order valence-corrected chi connectivity index (χ1v) is 12.1. The number of anilines is 1. The number of hydrogen-bond acceptors (Lipinski definition) is 4. The number of urea groups is 1. The predicted octanol–water partition coefficient (Wildman–Crippen LogP) is 5.25. The molecule has 2 heterocycles. The highest BCUT2D eigenvalue weighted by molar-refractivity contribution is 5.91. The molecule has 38 heavy (non-hydrogen) atoms. The molecule has 0 radical (unpaired) electrons. The van der Waals surface area contributed by atoms with Crippen LogP contribution < -0.4 is 16.2 Å². The van der Waals surface area contributed by atoms with Crippen molar-refractivity contribution in [2.75, 3.05) is 11.9 Å². The van der Waals surface area contributed by atoms with Crippen molar-refractivity contribution in [1.29, 1.82) is 0 Å². The molecule has 0 spiro atoms. The number of halogens is 1. The van der Waals surface area contributed by atoms with E-state index in [4.69, 9.17) is 5.11 Å². The SMILES string of the molecule is Cc1ccccc1NC(=O)NC1=CC=C(c2ccc[nH]c2=O)CN1Cc1ccc([C@H](C)CC(=O)O)cc1.Cl. The molecule has 0 aliphatic carbocycles. The first kappa shape index (κ1) is 28.3. The van der Waals surface area contributed by atoms with Crippen LogP contribution in [0.25, 0.3) is 5.57 Å². The van der Waals surface area contributed by atoms with Crippen molar-refractivity contribution in [3.05, 3.63) is 117 Å². The van der Waals surface area contributed by atoms with Crippen molar-refractivity contribution in [3.8, 4) is 0 Å². The summed E-state index contributed by atoms with van der Waals surface area (Å²) in [5.74, 6) is -0.321. The molecular formula is C29H31ClN4O4. The van der Waals surface area contributed by atoms with E-state index in [1.54, 1.807) is 24.4 Å². The lowest BCUT2D eigenvalue weighted by Gasteiger charge is -2.31. The van der Waals surface area contributed by atoms with Gasteiger partial charge in [-0.15, -0.1) is 12.4 Å². The number of carboxylic acids is 1. The summed E-state index contributed by atoms with van der Waals surface area (Å²) < 4.78 is 0. The highest BCUT2D eigenvalue weighted by atomic mass is 35.5. The molecule has 4 rings (SSSR count). The zero-order valence-corrected chi connectivity index (χ0v) is 22.0. The molecule has 3 aromatic rings. The van der Waals surface area contributed by atoms with Crippen LogP contribution in [0.5, 0.6) is 0 Å². The molecule has 0 fully saturated rings. The number of hydrogen-bond donors (Lipinski definition) is 4. The number of carbonyl (C=O) groups is 2. The van der Waals surface area contributed by atoms with Gasteiger partial charge in [0.15, 0.2) is 0 Å². The number of rotatable bonds is 8. The van der Waals surface area contributed by atoms with Gasteiger partial charge in [0.05, 0.1) is 6.42 Å². The summed E-state index contributed by atoms with van der Waals surface area (Å²) >= 11 is 0. The Morgan fingerprint density at radius 1 is 1.03 bits per heavy atom. The lowest BCUT2D eigenvalue weighted by atomic mass is 9.96. The monoisotopic (exact) mass is 534 g/mol. The Morgan fingerprint density at radius 2 is 1.76 bits per heavy atom. The van der Waals surface area contributed by atoms with Crippen LogP contribution in [0.4, 0.5) is 10.5 Å². The largest absolute Gasteiger partial charge is 0.481 e. The number of pyridine rings is 1. The number of aromatic amines is 1. The Hall–Kier alpha value is -4.30. The molecule has 2 amide bonds. The first-order valence-electron chi connectivity index (χ1n) is 12.1. The maximum absolute atomic E-state index is 12.8. The standard InChI is InChI=1S/C29H30N4O4.ClH/c1-19-6-3-4-8-25(19)31-29(37)32-26-14-13-23(24-7-5-15-30-28(24)36)18-33(26)17-21-9-11-22(12-10-21)20(2)16-27(34)35;/h3-15,20H,16-18H2,1-2H3,(H,30,36)(H,34,35)(H2,31,32,37);1H/t20-;/m1./s1. The molecule has 0 bridgehead atoms. The fourth-order valence-electron chi connectivity index (χ4n) is 4.27. The van der Waals surface area contributed by atoms with E-state index in [2.05, 4.69) is 15.6 Å². The average Bonchev–Trinajstić information content (AvgIpc) is 2.87. The van der Waals surface area contributed by atoms with E-state index in [0.717, 1.165) is 28.0 Å². The van der Waals surface area contributed by atoms with Crippen LogP contribution in [-0.4, -0.2) is 33.5 Å². The third-order valence-corrected chi connectivity index (χ3v) is 6.35. The zero-order chi connectivity index (χ0) is 26.4. The molecule has 2 aromatic carbocycles. The predicted molar refractivity (Wildman–Crippen MR) is 151 cm³/mol.